The highest BCUT2D eigenvalue weighted by Gasteiger charge is 2.28. The summed E-state index contributed by atoms with van der Waals surface area (Å²) in [6.07, 6.45) is 6.99. The zero-order chi connectivity index (χ0) is 15.1. The van der Waals surface area contributed by atoms with Crippen molar-refractivity contribution in [2.75, 3.05) is 39.9 Å². The maximum absolute atomic E-state index is 5.09. The van der Waals surface area contributed by atoms with Gasteiger partial charge in [-0.3, -0.25) is 4.99 Å². The average molecular weight is 421 g/mol. The van der Waals surface area contributed by atoms with Crippen LogP contribution in [0.15, 0.2) is 23.7 Å². The van der Waals surface area contributed by atoms with Gasteiger partial charge in [0.2, 0.25) is 0 Å². The number of methoxy groups -OCH3 is 1. The minimum absolute atomic E-state index is 0. The van der Waals surface area contributed by atoms with Gasteiger partial charge in [0, 0.05) is 39.1 Å². The first-order chi connectivity index (χ1) is 10.3. The Hall–Kier alpha value is -0.830. The van der Waals surface area contributed by atoms with E-state index in [1.807, 2.05) is 12.5 Å². The number of guanidine groups is 1. The van der Waals surface area contributed by atoms with Gasteiger partial charge >= 0.3 is 0 Å². The highest BCUT2D eigenvalue weighted by molar-refractivity contribution is 14.0. The first-order valence-corrected chi connectivity index (χ1v) is 7.75. The summed E-state index contributed by atoms with van der Waals surface area (Å²) in [5, 5.41) is 3.39. The van der Waals surface area contributed by atoms with Crippen LogP contribution in [-0.2, 0) is 4.74 Å². The number of halogens is 1. The number of rotatable bonds is 5. The van der Waals surface area contributed by atoms with E-state index >= 15 is 0 Å². The molecule has 126 valence electrons. The lowest BCUT2D eigenvalue weighted by molar-refractivity contribution is 0.186. The van der Waals surface area contributed by atoms with Gasteiger partial charge in [0.05, 0.1) is 25.5 Å². The Morgan fingerprint density at radius 3 is 2.95 bits per heavy atom. The van der Waals surface area contributed by atoms with E-state index in [2.05, 4.69) is 44.8 Å². The second-order valence-corrected chi connectivity index (χ2v) is 5.52. The monoisotopic (exact) mass is 421 g/mol. The Balaban J connectivity index is 0.00000242. The lowest BCUT2D eigenvalue weighted by Crippen LogP contribution is -2.49. The fourth-order valence-electron chi connectivity index (χ4n) is 2.76. The van der Waals surface area contributed by atoms with Crippen molar-refractivity contribution < 1.29 is 4.74 Å². The molecule has 0 bridgehead atoms. The molecule has 0 saturated carbocycles. The van der Waals surface area contributed by atoms with E-state index in [0.29, 0.717) is 25.1 Å². The third-order valence-corrected chi connectivity index (χ3v) is 4.02. The Morgan fingerprint density at radius 1 is 1.50 bits per heavy atom. The average Bonchev–Trinajstić information content (AvgIpc) is 3.01. The van der Waals surface area contributed by atoms with Crippen molar-refractivity contribution >= 4 is 29.9 Å². The fraction of sp³-hybridized carbons (Fsp3) is 0.733. The number of aromatic nitrogens is 2. The van der Waals surface area contributed by atoms with Gasteiger partial charge < -0.3 is 19.5 Å². The molecule has 0 spiro atoms. The molecule has 0 aromatic carbocycles. The maximum atomic E-state index is 5.09. The molecule has 1 fully saturated rings. The number of nitrogens with zero attached hydrogens (tertiary/aromatic N) is 4. The van der Waals surface area contributed by atoms with Gasteiger partial charge in [0.15, 0.2) is 5.96 Å². The number of aliphatic imine (C=N–C) groups is 1. The van der Waals surface area contributed by atoms with Crippen molar-refractivity contribution in [3.8, 4) is 0 Å². The second kappa shape index (κ2) is 10.0. The lowest BCUT2D eigenvalue weighted by atomic mass is 9.93. The van der Waals surface area contributed by atoms with Crippen LogP contribution in [0.3, 0.4) is 0 Å². The number of likely N-dealkylation sites (tertiary alicyclic amines) is 1. The standard InChI is InChI=1S/C15H27N5O.HI/c1-4-17-15(18-7-10-21-3)19-8-5-13(2)14(11-19)20-9-6-16-12-20;/h6,9,12-14H,4-5,7-8,10-11H2,1-3H3,(H,17,18);1H. The van der Waals surface area contributed by atoms with Crippen molar-refractivity contribution in [2.24, 2.45) is 10.9 Å². The Bertz CT molecular complexity index is 437. The van der Waals surface area contributed by atoms with Crippen LogP contribution in [0.1, 0.15) is 26.3 Å². The van der Waals surface area contributed by atoms with Crippen LogP contribution < -0.4 is 5.32 Å². The molecule has 6 nitrogen and oxygen atoms in total. The van der Waals surface area contributed by atoms with Crippen LogP contribution in [0.4, 0.5) is 0 Å². The minimum atomic E-state index is 0. The summed E-state index contributed by atoms with van der Waals surface area (Å²) in [5.74, 6) is 1.64. The van der Waals surface area contributed by atoms with Crippen LogP contribution in [0.2, 0.25) is 0 Å². The molecule has 1 aliphatic heterocycles. The van der Waals surface area contributed by atoms with Crippen molar-refractivity contribution in [3.63, 3.8) is 0 Å². The minimum Gasteiger partial charge on any atom is -0.383 e. The zero-order valence-corrected chi connectivity index (χ0v) is 16.1. The maximum Gasteiger partial charge on any atom is 0.194 e. The van der Waals surface area contributed by atoms with E-state index in [4.69, 9.17) is 4.74 Å². The molecule has 1 aromatic rings. The van der Waals surface area contributed by atoms with Crippen molar-refractivity contribution in [2.45, 2.75) is 26.3 Å². The number of hydrogen-bond acceptors (Lipinski definition) is 3. The van der Waals surface area contributed by atoms with Crippen LogP contribution in [0.5, 0.6) is 0 Å². The summed E-state index contributed by atoms with van der Waals surface area (Å²) < 4.78 is 7.31. The SMILES string of the molecule is CCNC(=NCCOC)N1CCC(C)C(n2ccnc2)C1.I. The van der Waals surface area contributed by atoms with Crippen LogP contribution in [0.25, 0.3) is 0 Å². The summed E-state index contributed by atoms with van der Waals surface area (Å²) in [6, 6.07) is 0.451. The molecule has 2 rings (SSSR count). The van der Waals surface area contributed by atoms with E-state index in [1.165, 1.54) is 0 Å². The predicted octanol–water partition coefficient (Wildman–Crippen LogP) is 2.00. The molecule has 2 unspecified atom stereocenters. The van der Waals surface area contributed by atoms with E-state index in [0.717, 1.165) is 32.0 Å². The molecular formula is C15H28IN5O. The highest BCUT2D eigenvalue weighted by atomic mass is 127. The summed E-state index contributed by atoms with van der Waals surface area (Å²) in [7, 11) is 1.71. The van der Waals surface area contributed by atoms with Crippen LogP contribution >= 0.6 is 24.0 Å². The van der Waals surface area contributed by atoms with Crippen molar-refractivity contribution in [3.05, 3.63) is 18.7 Å². The molecule has 0 aliphatic carbocycles. The largest absolute Gasteiger partial charge is 0.383 e. The molecule has 22 heavy (non-hydrogen) atoms. The molecule has 1 N–H and O–H groups in total. The number of imidazole rings is 1. The van der Waals surface area contributed by atoms with Crippen LogP contribution in [-0.4, -0.2) is 60.3 Å². The van der Waals surface area contributed by atoms with E-state index < -0.39 is 0 Å². The summed E-state index contributed by atoms with van der Waals surface area (Å²) >= 11 is 0. The van der Waals surface area contributed by atoms with Gasteiger partial charge in [-0.1, -0.05) is 6.92 Å². The topological polar surface area (TPSA) is 54.7 Å². The first-order valence-electron chi connectivity index (χ1n) is 7.75. The van der Waals surface area contributed by atoms with Gasteiger partial charge in [-0.25, -0.2) is 4.98 Å². The van der Waals surface area contributed by atoms with Gasteiger partial charge in [-0.2, -0.15) is 0 Å². The van der Waals surface area contributed by atoms with Crippen molar-refractivity contribution in [1.82, 2.24) is 19.8 Å². The fourth-order valence-corrected chi connectivity index (χ4v) is 2.76. The van der Waals surface area contributed by atoms with Crippen molar-refractivity contribution in [1.29, 1.82) is 0 Å². The first kappa shape index (κ1) is 19.2. The van der Waals surface area contributed by atoms with Gasteiger partial charge in [0.1, 0.15) is 0 Å². The van der Waals surface area contributed by atoms with E-state index in [1.54, 1.807) is 7.11 Å². The zero-order valence-electron chi connectivity index (χ0n) is 13.7. The molecule has 0 amide bonds. The summed E-state index contributed by atoms with van der Waals surface area (Å²) in [5.41, 5.74) is 0. The Kier molecular flexibility index (Phi) is 8.77. The third-order valence-electron chi connectivity index (χ3n) is 4.02. The molecule has 1 aliphatic rings. The molecule has 1 aromatic heterocycles. The van der Waals surface area contributed by atoms with E-state index in [9.17, 15) is 0 Å². The number of nitrogens with one attached hydrogen (secondary N) is 1. The number of hydrogen-bond donors (Lipinski definition) is 1. The summed E-state index contributed by atoms with van der Waals surface area (Å²) in [4.78, 5) is 11.2. The molecule has 2 atom stereocenters. The second-order valence-electron chi connectivity index (χ2n) is 5.52. The molecule has 7 heteroatoms. The molecule has 2 heterocycles. The molecule has 0 radical (unpaired) electrons. The Morgan fingerprint density at radius 2 is 2.32 bits per heavy atom. The quantitative estimate of drug-likeness (QED) is 0.342. The van der Waals surface area contributed by atoms with Gasteiger partial charge in [-0.15, -0.1) is 24.0 Å². The third kappa shape index (κ3) is 5.12. The van der Waals surface area contributed by atoms with Gasteiger partial charge in [0.25, 0.3) is 0 Å². The number of ether oxygens (including phenoxy) is 1. The van der Waals surface area contributed by atoms with Gasteiger partial charge in [-0.05, 0) is 19.3 Å². The molecule has 1 saturated heterocycles. The predicted molar refractivity (Wildman–Crippen MR) is 99.9 cm³/mol. The highest BCUT2D eigenvalue weighted by Crippen LogP contribution is 2.27. The number of piperidine rings is 1. The summed E-state index contributed by atoms with van der Waals surface area (Å²) in [6.45, 7) is 8.67. The Labute approximate surface area is 150 Å². The van der Waals surface area contributed by atoms with Crippen LogP contribution in [0, 0.1) is 5.92 Å². The van der Waals surface area contributed by atoms with E-state index in [-0.39, 0.29) is 24.0 Å². The normalized spacial score (nSPS) is 22.3. The molecular weight excluding hydrogens is 393 g/mol. The smallest absolute Gasteiger partial charge is 0.194 e. The lowest BCUT2D eigenvalue weighted by Gasteiger charge is -2.39.